The van der Waals surface area contributed by atoms with E-state index in [2.05, 4.69) is 4.74 Å². The number of alkyl halides is 4. The van der Waals surface area contributed by atoms with Gasteiger partial charge in [-0.2, -0.15) is 17.6 Å². The van der Waals surface area contributed by atoms with Gasteiger partial charge in [0.25, 0.3) is 0 Å². The molecule has 0 saturated heterocycles. The second-order valence-electron chi connectivity index (χ2n) is 2.79. The van der Waals surface area contributed by atoms with Gasteiger partial charge in [0.1, 0.15) is 0 Å². The first-order chi connectivity index (χ1) is 6.13. The molecule has 0 aliphatic rings. The quantitative estimate of drug-likeness (QED) is 0.408. The van der Waals surface area contributed by atoms with Gasteiger partial charge in [0.2, 0.25) is 0 Å². The van der Waals surface area contributed by atoms with Crippen molar-refractivity contribution < 1.29 is 27.1 Å². The van der Waals surface area contributed by atoms with Gasteiger partial charge in [-0.25, -0.2) is 0 Å². The molecule has 0 spiro atoms. The highest BCUT2D eigenvalue weighted by molar-refractivity contribution is 5.87. The van der Waals surface area contributed by atoms with Gasteiger partial charge >= 0.3 is 11.8 Å². The van der Waals surface area contributed by atoms with Crippen molar-refractivity contribution in [3.8, 4) is 0 Å². The first-order valence-electron chi connectivity index (χ1n) is 3.65. The smallest absolute Gasteiger partial charge is 0.365 e. The first-order valence-corrected chi connectivity index (χ1v) is 3.65. The molecule has 0 bridgehead atoms. The van der Waals surface area contributed by atoms with E-state index in [1.807, 2.05) is 0 Å². The van der Waals surface area contributed by atoms with Crippen LogP contribution in [0, 0.1) is 0 Å². The van der Waals surface area contributed by atoms with Crippen LogP contribution in [0.2, 0.25) is 0 Å². The highest BCUT2D eigenvalue weighted by atomic mass is 19.3. The Morgan fingerprint density at radius 1 is 1.29 bits per heavy atom. The van der Waals surface area contributed by atoms with Crippen molar-refractivity contribution in [3.63, 3.8) is 0 Å². The number of ether oxygens (including phenoxy) is 1. The number of allylic oxidation sites excluding steroid dienone is 2. The number of hydrogen-bond acceptors (Lipinski definition) is 2. The second kappa shape index (κ2) is 3.98. The SMILES string of the molecule is CO/C(=C\C(C)=O)C(F)(F)C(C)(F)F. The highest BCUT2D eigenvalue weighted by Gasteiger charge is 2.56. The van der Waals surface area contributed by atoms with Gasteiger partial charge in [0.05, 0.1) is 7.11 Å². The molecule has 0 aromatic rings. The summed E-state index contributed by atoms with van der Waals surface area (Å²) >= 11 is 0. The maximum Gasteiger partial charge on any atom is 0.365 e. The summed E-state index contributed by atoms with van der Waals surface area (Å²) < 4.78 is 54.6. The van der Waals surface area contributed by atoms with Gasteiger partial charge in [-0.15, -0.1) is 0 Å². The van der Waals surface area contributed by atoms with Gasteiger partial charge in [-0.1, -0.05) is 0 Å². The van der Waals surface area contributed by atoms with Crippen molar-refractivity contribution in [2.75, 3.05) is 7.11 Å². The normalized spacial score (nSPS) is 14.1. The number of methoxy groups -OCH3 is 1. The van der Waals surface area contributed by atoms with E-state index in [1.54, 1.807) is 0 Å². The summed E-state index contributed by atoms with van der Waals surface area (Å²) in [5.41, 5.74) is 0. The van der Waals surface area contributed by atoms with E-state index >= 15 is 0 Å². The highest BCUT2D eigenvalue weighted by Crippen LogP contribution is 2.39. The predicted molar refractivity (Wildman–Crippen MR) is 41.3 cm³/mol. The third-order valence-corrected chi connectivity index (χ3v) is 1.42. The Morgan fingerprint density at radius 2 is 1.71 bits per heavy atom. The lowest BCUT2D eigenvalue weighted by Gasteiger charge is -2.24. The molecule has 82 valence electrons. The Hall–Kier alpha value is -1.07. The van der Waals surface area contributed by atoms with E-state index in [4.69, 9.17) is 0 Å². The van der Waals surface area contributed by atoms with Crippen LogP contribution < -0.4 is 0 Å². The van der Waals surface area contributed by atoms with E-state index in [9.17, 15) is 22.4 Å². The van der Waals surface area contributed by atoms with Crippen molar-refractivity contribution >= 4 is 5.78 Å². The molecule has 0 heterocycles. The lowest BCUT2D eigenvalue weighted by Crippen LogP contribution is -2.40. The molecule has 0 fully saturated rings. The monoisotopic (exact) mass is 214 g/mol. The molecule has 0 radical (unpaired) electrons. The van der Waals surface area contributed by atoms with E-state index in [0.29, 0.717) is 6.08 Å². The number of ketones is 1. The molecular weight excluding hydrogens is 204 g/mol. The first kappa shape index (κ1) is 12.9. The van der Waals surface area contributed by atoms with Crippen molar-refractivity contribution in [2.24, 2.45) is 0 Å². The van der Waals surface area contributed by atoms with Crippen LogP contribution >= 0.6 is 0 Å². The molecule has 0 rings (SSSR count). The Labute approximate surface area is 78.5 Å². The minimum Gasteiger partial charge on any atom is -0.494 e. The summed E-state index contributed by atoms with van der Waals surface area (Å²) in [7, 11) is 0.800. The topological polar surface area (TPSA) is 26.3 Å². The zero-order chi connectivity index (χ0) is 11.6. The molecule has 0 amide bonds. The molecule has 2 nitrogen and oxygen atoms in total. The Morgan fingerprint density at radius 3 is 1.93 bits per heavy atom. The maximum absolute atomic E-state index is 12.9. The minimum atomic E-state index is -4.48. The summed E-state index contributed by atoms with van der Waals surface area (Å²) in [5.74, 6) is -10.9. The van der Waals surface area contributed by atoms with Crippen molar-refractivity contribution in [1.29, 1.82) is 0 Å². The molecule has 0 aromatic heterocycles. The fourth-order valence-electron chi connectivity index (χ4n) is 0.679. The molecule has 14 heavy (non-hydrogen) atoms. The number of rotatable bonds is 4. The number of carbonyl (C=O) groups excluding carboxylic acids is 1. The molecule has 6 heteroatoms. The van der Waals surface area contributed by atoms with Crippen LogP contribution in [-0.4, -0.2) is 24.7 Å². The predicted octanol–water partition coefficient (Wildman–Crippen LogP) is 2.40. The van der Waals surface area contributed by atoms with E-state index in [-0.39, 0.29) is 6.92 Å². The van der Waals surface area contributed by atoms with E-state index in [1.165, 1.54) is 0 Å². The third kappa shape index (κ3) is 2.71. The largest absolute Gasteiger partial charge is 0.494 e. The molecule has 0 atom stereocenters. The molecule has 0 unspecified atom stereocenters. The average molecular weight is 214 g/mol. The Bertz CT molecular complexity index is 253. The lowest BCUT2D eigenvalue weighted by atomic mass is 10.1. The van der Waals surface area contributed by atoms with Crippen LogP contribution in [0.25, 0.3) is 0 Å². The van der Waals surface area contributed by atoms with Crippen molar-refractivity contribution in [1.82, 2.24) is 0 Å². The van der Waals surface area contributed by atoms with Gasteiger partial charge in [-0.05, 0) is 6.92 Å². The maximum atomic E-state index is 12.9. The van der Waals surface area contributed by atoms with Gasteiger partial charge in [0, 0.05) is 13.0 Å². The Kier molecular flexibility index (Phi) is 3.67. The summed E-state index contributed by atoms with van der Waals surface area (Å²) in [5, 5.41) is 0. The standard InChI is InChI=1S/C8H10F4O2/c1-5(13)4-6(14-3)8(11,12)7(2,9)10/h4H,1-3H3/b6-4-. The van der Waals surface area contributed by atoms with E-state index < -0.39 is 23.4 Å². The molecule has 0 aliphatic heterocycles. The summed E-state index contributed by atoms with van der Waals surface area (Å²) in [6, 6.07) is 0. The molecular formula is C8H10F4O2. The molecule has 0 N–H and O–H groups in total. The van der Waals surface area contributed by atoms with Crippen LogP contribution in [0.4, 0.5) is 17.6 Å². The van der Waals surface area contributed by atoms with Crippen molar-refractivity contribution in [2.45, 2.75) is 25.7 Å². The zero-order valence-corrected chi connectivity index (χ0v) is 7.91. The fourth-order valence-corrected chi connectivity index (χ4v) is 0.679. The molecule has 0 aromatic carbocycles. The summed E-state index contributed by atoms with van der Waals surface area (Å²) in [4.78, 5) is 10.5. The third-order valence-electron chi connectivity index (χ3n) is 1.42. The molecule has 0 saturated carbocycles. The fraction of sp³-hybridized carbons (Fsp3) is 0.625. The number of carbonyl (C=O) groups is 1. The second-order valence-corrected chi connectivity index (χ2v) is 2.79. The van der Waals surface area contributed by atoms with Gasteiger partial charge in [-0.3, -0.25) is 4.79 Å². The van der Waals surface area contributed by atoms with Gasteiger partial charge < -0.3 is 4.74 Å². The Balaban J connectivity index is 5.14. The number of hydrogen-bond donors (Lipinski definition) is 0. The average Bonchev–Trinajstić information content (AvgIpc) is 1.97. The van der Waals surface area contributed by atoms with Gasteiger partial charge in [0.15, 0.2) is 11.5 Å². The van der Waals surface area contributed by atoms with Crippen LogP contribution in [-0.2, 0) is 9.53 Å². The van der Waals surface area contributed by atoms with E-state index in [0.717, 1.165) is 14.0 Å². The van der Waals surface area contributed by atoms with Crippen LogP contribution in [0.1, 0.15) is 13.8 Å². The molecule has 0 aliphatic carbocycles. The summed E-state index contributed by atoms with van der Waals surface area (Å²) in [6.07, 6.45) is 0.345. The number of halogens is 4. The minimum absolute atomic E-state index is 0.0556. The van der Waals surface area contributed by atoms with Crippen LogP contribution in [0.5, 0.6) is 0 Å². The lowest BCUT2D eigenvalue weighted by molar-refractivity contribution is -0.192. The van der Waals surface area contributed by atoms with Crippen LogP contribution in [0.15, 0.2) is 11.8 Å². The summed E-state index contributed by atoms with van der Waals surface area (Å²) in [6.45, 7) is 1.02. The zero-order valence-electron chi connectivity index (χ0n) is 7.91. The van der Waals surface area contributed by atoms with Crippen LogP contribution in [0.3, 0.4) is 0 Å². The van der Waals surface area contributed by atoms with Crippen molar-refractivity contribution in [3.05, 3.63) is 11.8 Å².